The second-order valence-electron chi connectivity index (χ2n) is 5.89. The monoisotopic (exact) mass is 327 g/mol. The van der Waals surface area contributed by atoms with Gasteiger partial charge in [0.15, 0.2) is 5.17 Å². The molecule has 5 heteroatoms. The van der Waals surface area contributed by atoms with Crippen molar-refractivity contribution in [1.82, 2.24) is 9.88 Å². The molecule has 4 rings (SSSR count). The van der Waals surface area contributed by atoms with Gasteiger partial charge in [-0.25, -0.2) is 4.39 Å². The summed E-state index contributed by atoms with van der Waals surface area (Å²) in [5.41, 5.74) is 2.07. The molecule has 0 bridgehead atoms. The van der Waals surface area contributed by atoms with Gasteiger partial charge in [-0.1, -0.05) is 36.9 Å². The van der Waals surface area contributed by atoms with Crippen LogP contribution in [0.2, 0.25) is 0 Å². The molecule has 23 heavy (non-hydrogen) atoms. The fourth-order valence-corrected chi connectivity index (χ4v) is 4.71. The molecule has 1 fully saturated rings. The fraction of sp³-hybridized carbons (Fsp3) is 0.333. The van der Waals surface area contributed by atoms with E-state index in [1.807, 2.05) is 48.3 Å². The second kappa shape index (κ2) is 5.96. The van der Waals surface area contributed by atoms with Gasteiger partial charge >= 0.3 is 0 Å². The average Bonchev–Trinajstić information content (AvgIpc) is 3.15. The lowest BCUT2D eigenvalue weighted by atomic mass is 9.95. The number of thioether (sulfide) groups is 1. The third kappa shape index (κ3) is 2.53. The molecule has 2 aromatic rings. The Labute approximate surface area is 139 Å². The summed E-state index contributed by atoms with van der Waals surface area (Å²) in [5.74, 6) is 0.868. The zero-order valence-electron chi connectivity index (χ0n) is 12.9. The number of nitrogens with zero attached hydrogens (tertiary/aromatic N) is 3. The molecule has 0 radical (unpaired) electrons. The standard InChI is InChI=1S/C18H18FN3S/c1-2-14-11-23-18-21-16(15-5-3-4-10-20-15)17(22(14)18)12-6-8-13(19)9-7-12/h3-10,14,16-17H,2,11H2,1H3/t14-,16+,17-/m1/s1. The highest BCUT2D eigenvalue weighted by molar-refractivity contribution is 8.14. The Kier molecular flexibility index (Phi) is 3.81. The Morgan fingerprint density at radius 2 is 2.04 bits per heavy atom. The Morgan fingerprint density at radius 1 is 1.22 bits per heavy atom. The van der Waals surface area contributed by atoms with E-state index in [1.54, 1.807) is 0 Å². The number of halogens is 1. The maximum atomic E-state index is 13.3. The highest BCUT2D eigenvalue weighted by Crippen LogP contribution is 2.48. The number of amidine groups is 1. The SMILES string of the molecule is CC[C@@H]1CSC2=N[C@@H](c3ccccn3)[C@@H](c3ccc(F)cc3)N21. The minimum absolute atomic E-state index is 0.0292. The summed E-state index contributed by atoms with van der Waals surface area (Å²) < 4.78 is 13.3. The molecule has 0 N–H and O–H groups in total. The summed E-state index contributed by atoms with van der Waals surface area (Å²) in [7, 11) is 0. The van der Waals surface area contributed by atoms with Gasteiger partial charge in [0.05, 0.1) is 11.7 Å². The van der Waals surface area contributed by atoms with Gasteiger partial charge in [0.2, 0.25) is 0 Å². The molecular formula is C18H18FN3S. The van der Waals surface area contributed by atoms with Gasteiger partial charge in [0.25, 0.3) is 0 Å². The summed E-state index contributed by atoms with van der Waals surface area (Å²) in [5, 5.41) is 1.10. The minimum atomic E-state index is -0.204. The molecule has 0 amide bonds. The maximum Gasteiger partial charge on any atom is 0.160 e. The summed E-state index contributed by atoms with van der Waals surface area (Å²) >= 11 is 1.82. The van der Waals surface area contributed by atoms with Crippen LogP contribution in [0.25, 0.3) is 0 Å². The van der Waals surface area contributed by atoms with Gasteiger partial charge in [-0.15, -0.1) is 0 Å². The van der Waals surface area contributed by atoms with Crippen molar-refractivity contribution in [2.24, 2.45) is 4.99 Å². The van der Waals surface area contributed by atoms with Crippen LogP contribution in [0.1, 0.15) is 36.7 Å². The number of hydrogen-bond donors (Lipinski definition) is 0. The van der Waals surface area contributed by atoms with Gasteiger partial charge < -0.3 is 4.90 Å². The van der Waals surface area contributed by atoms with E-state index in [0.29, 0.717) is 6.04 Å². The van der Waals surface area contributed by atoms with E-state index in [0.717, 1.165) is 28.6 Å². The molecule has 1 aromatic heterocycles. The van der Waals surface area contributed by atoms with E-state index in [9.17, 15) is 4.39 Å². The first-order valence-corrected chi connectivity index (χ1v) is 8.92. The van der Waals surface area contributed by atoms with Crippen molar-refractivity contribution in [2.45, 2.75) is 31.5 Å². The largest absolute Gasteiger partial charge is 0.338 e. The smallest absolute Gasteiger partial charge is 0.160 e. The van der Waals surface area contributed by atoms with Crippen LogP contribution in [0.5, 0.6) is 0 Å². The van der Waals surface area contributed by atoms with Crippen molar-refractivity contribution < 1.29 is 4.39 Å². The molecule has 2 aliphatic heterocycles. The predicted octanol–water partition coefficient (Wildman–Crippen LogP) is 4.20. The molecule has 118 valence electrons. The number of hydrogen-bond acceptors (Lipinski definition) is 4. The average molecular weight is 327 g/mol. The van der Waals surface area contributed by atoms with Crippen LogP contribution >= 0.6 is 11.8 Å². The van der Waals surface area contributed by atoms with Crippen molar-refractivity contribution in [1.29, 1.82) is 0 Å². The Bertz CT molecular complexity index is 717. The number of fused-ring (bicyclic) bond motifs is 1. The van der Waals surface area contributed by atoms with Crippen molar-refractivity contribution in [2.75, 3.05) is 5.75 Å². The predicted molar refractivity (Wildman–Crippen MR) is 91.9 cm³/mol. The number of aliphatic imine (C=N–C) groups is 1. The molecule has 1 saturated heterocycles. The van der Waals surface area contributed by atoms with Crippen molar-refractivity contribution in [3.63, 3.8) is 0 Å². The fourth-order valence-electron chi connectivity index (χ4n) is 3.37. The first-order valence-electron chi connectivity index (χ1n) is 7.93. The molecule has 1 aromatic carbocycles. The second-order valence-corrected chi connectivity index (χ2v) is 6.88. The summed E-state index contributed by atoms with van der Waals surface area (Å²) in [6.07, 6.45) is 2.89. The Morgan fingerprint density at radius 3 is 2.74 bits per heavy atom. The van der Waals surface area contributed by atoms with Gasteiger partial charge in [0, 0.05) is 18.0 Å². The van der Waals surface area contributed by atoms with E-state index < -0.39 is 0 Å². The number of rotatable bonds is 3. The molecule has 3 heterocycles. The summed E-state index contributed by atoms with van der Waals surface area (Å²) in [6.45, 7) is 2.21. The maximum absolute atomic E-state index is 13.3. The molecular weight excluding hydrogens is 309 g/mol. The molecule has 2 aliphatic rings. The van der Waals surface area contributed by atoms with Crippen molar-refractivity contribution >= 4 is 16.9 Å². The van der Waals surface area contributed by atoms with Gasteiger partial charge in [0.1, 0.15) is 11.9 Å². The normalized spacial score (nSPS) is 26.3. The highest BCUT2D eigenvalue weighted by atomic mass is 32.2. The first kappa shape index (κ1) is 14.7. The van der Waals surface area contributed by atoms with Gasteiger partial charge in [-0.05, 0) is 36.2 Å². The topological polar surface area (TPSA) is 28.5 Å². The molecule has 0 aliphatic carbocycles. The quantitative estimate of drug-likeness (QED) is 0.846. The van der Waals surface area contributed by atoms with Crippen molar-refractivity contribution in [3.05, 3.63) is 65.7 Å². The van der Waals surface area contributed by atoms with Crippen LogP contribution in [-0.4, -0.2) is 26.8 Å². The van der Waals surface area contributed by atoms with Crippen LogP contribution in [0.4, 0.5) is 4.39 Å². The third-order valence-corrected chi connectivity index (χ3v) is 5.67. The number of benzene rings is 1. The van der Waals surface area contributed by atoms with Crippen LogP contribution in [0.15, 0.2) is 53.7 Å². The summed E-state index contributed by atoms with van der Waals surface area (Å²) in [6, 6.07) is 13.3. The van der Waals surface area contributed by atoms with Crippen molar-refractivity contribution in [3.8, 4) is 0 Å². The lowest BCUT2D eigenvalue weighted by Crippen LogP contribution is -2.35. The highest BCUT2D eigenvalue weighted by Gasteiger charge is 2.45. The van der Waals surface area contributed by atoms with Crippen LogP contribution in [0.3, 0.4) is 0 Å². The zero-order valence-corrected chi connectivity index (χ0v) is 13.7. The van der Waals surface area contributed by atoms with E-state index in [-0.39, 0.29) is 17.9 Å². The van der Waals surface area contributed by atoms with E-state index in [2.05, 4.69) is 16.8 Å². The third-order valence-electron chi connectivity index (χ3n) is 4.54. The van der Waals surface area contributed by atoms with E-state index in [4.69, 9.17) is 4.99 Å². The Hall–Kier alpha value is -1.88. The summed E-state index contributed by atoms with van der Waals surface area (Å²) in [4.78, 5) is 11.9. The molecule has 0 unspecified atom stereocenters. The first-order chi connectivity index (χ1) is 11.3. The lowest BCUT2D eigenvalue weighted by molar-refractivity contribution is 0.255. The zero-order chi connectivity index (χ0) is 15.8. The number of pyridine rings is 1. The molecule has 0 saturated carbocycles. The molecule has 3 nitrogen and oxygen atoms in total. The molecule has 3 atom stereocenters. The van der Waals surface area contributed by atoms with Crippen LogP contribution in [0, 0.1) is 5.82 Å². The van der Waals surface area contributed by atoms with E-state index in [1.165, 1.54) is 12.1 Å². The van der Waals surface area contributed by atoms with E-state index >= 15 is 0 Å². The lowest BCUT2D eigenvalue weighted by Gasteiger charge is -2.31. The van der Waals surface area contributed by atoms with Crippen LogP contribution in [-0.2, 0) is 0 Å². The van der Waals surface area contributed by atoms with Gasteiger partial charge in [-0.3, -0.25) is 9.98 Å². The molecule has 0 spiro atoms. The van der Waals surface area contributed by atoms with Gasteiger partial charge in [-0.2, -0.15) is 0 Å². The minimum Gasteiger partial charge on any atom is -0.338 e. The number of aromatic nitrogens is 1. The Balaban J connectivity index is 1.78. The van der Waals surface area contributed by atoms with Crippen LogP contribution < -0.4 is 0 Å².